The highest BCUT2D eigenvalue weighted by Crippen LogP contribution is 2.38. The summed E-state index contributed by atoms with van der Waals surface area (Å²) in [5.41, 5.74) is 1.97. The molecule has 158 valence electrons. The van der Waals surface area contributed by atoms with Crippen molar-refractivity contribution in [2.24, 2.45) is 0 Å². The van der Waals surface area contributed by atoms with E-state index in [1.807, 2.05) is 18.2 Å². The fourth-order valence-electron chi connectivity index (χ4n) is 3.67. The largest absolute Gasteiger partial charge is 0.454 e. The highest BCUT2D eigenvalue weighted by molar-refractivity contribution is 7.16. The Morgan fingerprint density at radius 2 is 1.94 bits per heavy atom. The number of fused-ring (bicyclic) bond motifs is 2. The van der Waals surface area contributed by atoms with Crippen molar-refractivity contribution in [3.63, 3.8) is 0 Å². The molecule has 0 fully saturated rings. The topological polar surface area (TPSA) is 89.6 Å². The molecule has 7 nitrogen and oxygen atoms in total. The van der Waals surface area contributed by atoms with Crippen LogP contribution in [0, 0.1) is 5.82 Å². The molecule has 1 atom stereocenters. The molecule has 5 rings (SSSR count). The number of anilines is 1. The number of carbonyl (C=O) groups is 2. The Morgan fingerprint density at radius 1 is 1.13 bits per heavy atom. The van der Waals surface area contributed by atoms with E-state index in [1.54, 1.807) is 0 Å². The van der Waals surface area contributed by atoms with E-state index in [2.05, 4.69) is 15.6 Å². The van der Waals surface area contributed by atoms with Crippen LogP contribution in [0.2, 0.25) is 0 Å². The molecule has 2 heterocycles. The van der Waals surface area contributed by atoms with Crippen LogP contribution in [0.25, 0.3) is 0 Å². The van der Waals surface area contributed by atoms with Gasteiger partial charge in [-0.2, -0.15) is 0 Å². The van der Waals surface area contributed by atoms with Gasteiger partial charge in [-0.1, -0.05) is 6.07 Å². The van der Waals surface area contributed by atoms with Gasteiger partial charge in [-0.25, -0.2) is 9.37 Å². The predicted molar refractivity (Wildman–Crippen MR) is 112 cm³/mol. The number of ether oxygens (including phenoxy) is 2. The van der Waals surface area contributed by atoms with Gasteiger partial charge in [0.25, 0.3) is 5.91 Å². The van der Waals surface area contributed by atoms with Crippen molar-refractivity contribution < 1.29 is 23.5 Å². The highest BCUT2D eigenvalue weighted by Gasteiger charge is 2.32. The van der Waals surface area contributed by atoms with E-state index in [4.69, 9.17) is 9.47 Å². The summed E-state index contributed by atoms with van der Waals surface area (Å²) in [5, 5.41) is 6.14. The molecule has 0 unspecified atom stereocenters. The smallest absolute Gasteiger partial charge is 0.257 e. The van der Waals surface area contributed by atoms with Crippen molar-refractivity contribution in [2.75, 3.05) is 12.1 Å². The van der Waals surface area contributed by atoms with Crippen LogP contribution in [0.1, 0.15) is 38.8 Å². The zero-order valence-electron chi connectivity index (χ0n) is 16.3. The van der Waals surface area contributed by atoms with Crippen molar-refractivity contribution in [1.29, 1.82) is 0 Å². The number of nitrogens with zero attached hydrogens (tertiary/aromatic N) is 1. The molecule has 2 aromatic carbocycles. The molecule has 2 aliphatic rings. The lowest BCUT2D eigenvalue weighted by Crippen LogP contribution is -2.28. The number of amides is 2. The van der Waals surface area contributed by atoms with Crippen molar-refractivity contribution in [2.45, 2.75) is 25.3 Å². The van der Waals surface area contributed by atoms with E-state index >= 15 is 0 Å². The average molecular weight is 439 g/mol. The van der Waals surface area contributed by atoms with Gasteiger partial charge in [0.15, 0.2) is 16.6 Å². The number of thiazole rings is 1. The first-order chi connectivity index (χ1) is 15.1. The third-order valence-corrected chi connectivity index (χ3v) is 6.31. The second-order valence-corrected chi connectivity index (χ2v) is 8.37. The molecule has 3 aromatic rings. The molecule has 9 heteroatoms. The molecule has 1 aromatic heterocycles. The Bertz CT molecular complexity index is 1160. The van der Waals surface area contributed by atoms with Gasteiger partial charge in [0, 0.05) is 17.0 Å². The molecule has 2 amide bonds. The van der Waals surface area contributed by atoms with Crippen LogP contribution in [0.5, 0.6) is 11.5 Å². The minimum absolute atomic E-state index is 0.0990. The van der Waals surface area contributed by atoms with Crippen LogP contribution >= 0.6 is 11.3 Å². The number of hydrogen-bond donors (Lipinski definition) is 2. The lowest BCUT2D eigenvalue weighted by atomic mass is 10.1. The molecule has 1 aliphatic carbocycles. The van der Waals surface area contributed by atoms with Gasteiger partial charge >= 0.3 is 0 Å². The van der Waals surface area contributed by atoms with Crippen LogP contribution < -0.4 is 20.1 Å². The van der Waals surface area contributed by atoms with Gasteiger partial charge in [0.2, 0.25) is 12.7 Å². The fourth-order valence-corrected chi connectivity index (χ4v) is 4.70. The van der Waals surface area contributed by atoms with Crippen molar-refractivity contribution in [3.05, 3.63) is 70.0 Å². The van der Waals surface area contributed by atoms with Crippen LogP contribution in [0.4, 0.5) is 9.52 Å². The molecule has 0 saturated heterocycles. The number of hydrogen-bond acceptors (Lipinski definition) is 6. The molecule has 0 bridgehead atoms. The minimum atomic E-state index is -0.403. The summed E-state index contributed by atoms with van der Waals surface area (Å²) in [7, 11) is 0. The summed E-state index contributed by atoms with van der Waals surface area (Å²) < 4.78 is 23.7. The van der Waals surface area contributed by atoms with E-state index < -0.39 is 5.82 Å². The number of benzene rings is 2. The minimum Gasteiger partial charge on any atom is -0.454 e. The average Bonchev–Trinajstić information content (AvgIpc) is 3.47. The molecule has 0 saturated carbocycles. The number of nitrogens with one attached hydrogen (secondary N) is 2. The summed E-state index contributed by atoms with van der Waals surface area (Å²) in [6, 6.07) is 10.9. The zero-order chi connectivity index (χ0) is 21.4. The first-order valence-corrected chi connectivity index (χ1v) is 10.6. The van der Waals surface area contributed by atoms with Crippen molar-refractivity contribution >= 4 is 28.3 Å². The van der Waals surface area contributed by atoms with E-state index in [1.165, 1.54) is 35.6 Å². The van der Waals surface area contributed by atoms with Crippen LogP contribution in [0.3, 0.4) is 0 Å². The Morgan fingerprint density at radius 3 is 2.77 bits per heavy atom. The van der Waals surface area contributed by atoms with Crippen molar-refractivity contribution in [1.82, 2.24) is 10.3 Å². The first kappa shape index (κ1) is 19.5. The second kappa shape index (κ2) is 7.99. The molecule has 0 radical (unpaired) electrons. The summed E-state index contributed by atoms with van der Waals surface area (Å²) in [6.45, 7) is 0.583. The summed E-state index contributed by atoms with van der Waals surface area (Å²) in [4.78, 5) is 30.6. The van der Waals surface area contributed by atoms with Gasteiger partial charge in [-0.05, 0) is 54.8 Å². The maximum Gasteiger partial charge on any atom is 0.257 e. The standard InChI is InChI=1S/C22H18FN3O4S/c23-14-4-2-13(3-5-14)20(27)26-22-25-19-15(6-8-18(19)31-22)21(28)24-10-12-1-7-16-17(9-12)30-11-29-16/h1-5,7,9,15H,6,8,10-11H2,(H,24,28)(H,25,26,27)/t15-/m1/s1. The van der Waals surface area contributed by atoms with Gasteiger partial charge in [-0.15, -0.1) is 11.3 Å². The number of aryl methyl sites for hydroxylation is 1. The van der Waals surface area contributed by atoms with Gasteiger partial charge in [0.1, 0.15) is 5.82 Å². The summed E-state index contributed by atoms with van der Waals surface area (Å²) >= 11 is 1.37. The van der Waals surface area contributed by atoms with Gasteiger partial charge in [0.05, 0.1) is 11.6 Å². The monoisotopic (exact) mass is 439 g/mol. The Hall–Kier alpha value is -3.46. The third kappa shape index (κ3) is 3.96. The fraction of sp³-hybridized carbons (Fsp3) is 0.227. The van der Waals surface area contributed by atoms with E-state index in [9.17, 15) is 14.0 Å². The van der Waals surface area contributed by atoms with E-state index in [-0.39, 0.29) is 24.5 Å². The molecule has 1 aliphatic heterocycles. The first-order valence-electron chi connectivity index (χ1n) is 9.79. The maximum atomic E-state index is 13.0. The van der Waals surface area contributed by atoms with Gasteiger partial charge < -0.3 is 14.8 Å². The molecular formula is C22H18FN3O4S. The predicted octanol–water partition coefficient (Wildman–Crippen LogP) is 3.61. The Kier molecular flexibility index (Phi) is 5.03. The van der Waals surface area contributed by atoms with Crippen LogP contribution in [-0.2, 0) is 17.8 Å². The molecular weight excluding hydrogens is 421 g/mol. The Labute approximate surface area is 181 Å². The number of carbonyl (C=O) groups excluding carboxylic acids is 2. The number of halogens is 1. The lowest BCUT2D eigenvalue weighted by molar-refractivity contribution is -0.122. The highest BCUT2D eigenvalue weighted by atomic mass is 32.1. The number of rotatable bonds is 5. The Balaban J connectivity index is 1.23. The normalized spacial score (nSPS) is 16.1. The maximum absolute atomic E-state index is 13.0. The quantitative estimate of drug-likeness (QED) is 0.634. The van der Waals surface area contributed by atoms with Crippen LogP contribution in [-0.4, -0.2) is 23.6 Å². The number of aromatic nitrogens is 1. The lowest BCUT2D eigenvalue weighted by Gasteiger charge is -2.11. The summed E-state index contributed by atoms with van der Waals surface area (Å²) in [6.07, 6.45) is 1.43. The molecule has 2 N–H and O–H groups in total. The molecule has 31 heavy (non-hydrogen) atoms. The van der Waals surface area contributed by atoms with Crippen molar-refractivity contribution in [3.8, 4) is 11.5 Å². The van der Waals surface area contributed by atoms with Gasteiger partial charge in [-0.3, -0.25) is 14.9 Å². The second-order valence-electron chi connectivity index (χ2n) is 7.29. The SMILES string of the molecule is O=C(Nc1nc2c(s1)CC[C@H]2C(=O)NCc1ccc2c(c1)OCO2)c1ccc(F)cc1. The molecule has 0 spiro atoms. The third-order valence-electron chi connectivity index (χ3n) is 5.26. The van der Waals surface area contributed by atoms with E-state index in [0.717, 1.165) is 16.9 Å². The zero-order valence-corrected chi connectivity index (χ0v) is 17.1. The summed E-state index contributed by atoms with van der Waals surface area (Å²) in [5.74, 6) is 0.162. The van der Waals surface area contributed by atoms with Crippen LogP contribution in [0.15, 0.2) is 42.5 Å². The van der Waals surface area contributed by atoms with E-state index in [0.29, 0.717) is 40.9 Å².